The predicted molar refractivity (Wildman–Crippen MR) is 82.1 cm³/mol. The Hall–Kier alpha value is -1.88. The average Bonchev–Trinajstić information content (AvgIpc) is 2.49. The van der Waals surface area contributed by atoms with Gasteiger partial charge < -0.3 is 14.5 Å². The van der Waals surface area contributed by atoms with E-state index in [2.05, 4.69) is 9.97 Å². The molecule has 4 nitrogen and oxygen atoms in total. The summed E-state index contributed by atoms with van der Waals surface area (Å²) >= 11 is 5.34. The van der Waals surface area contributed by atoms with Gasteiger partial charge in [0.1, 0.15) is 22.0 Å². The van der Waals surface area contributed by atoms with Gasteiger partial charge in [0.2, 0.25) is 0 Å². The first-order valence-corrected chi connectivity index (χ1v) is 6.84. The molecular weight excluding hydrogens is 272 g/mol. The lowest BCUT2D eigenvalue weighted by Crippen LogP contribution is -2.02. The van der Waals surface area contributed by atoms with E-state index in [9.17, 15) is 0 Å². The zero-order valence-electron chi connectivity index (χ0n) is 12.1. The molecule has 1 N–H and O–H groups in total. The Bertz CT molecular complexity index is 658. The van der Waals surface area contributed by atoms with Crippen molar-refractivity contribution in [3.05, 3.63) is 34.2 Å². The zero-order valence-corrected chi connectivity index (χ0v) is 12.9. The molecule has 0 bridgehead atoms. The molecule has 0 fully saturated rings. The number of rotatable bonds is 4. The van der Waals surface area contributed by atoms with Crippen LogP contribution in [0, 0.1) is 11.6 Å². The van der Waals surface area contributed by atoms with Crippen LogP contribution in [0.1, 0.15) is 18.3 Å². The second-order valence-corrected chi connectivity index (χ2v) is 4.77. The summed E-state index contributed by atoms with van der Waals surface area (Å²) in [6.45, 7) is 3.98. The van der Waals surface area contributed by atoms with Gasteiger partial charge in [-0.15, -0.1) is 0 Å². The molecule has 0 aliphatic carbocycles. The quantitative estimate of drug-likeness (QED) is 0.872. The lowest BCUT2D eigenvalue weighted by molar-refractivity contribution is 0.397. The van der Waals surface area contributed by atoms with Gasteiger partial charge in [-0.05, 0) is 19.1 Å². The van der Waals surface area contributed by atoms with Crippen LogP contribution in [-0.2, 0) is 6.42 Å². The summed E-state index contributed by atoms with van der Waals surface area (Å²) in [6.07, 6.45) is 0.786. The Labute approximate surface area is 123 Å². The van der Waals surface area contributed by atoms with Gasteiger partial charge in [0.05, 0.1) is 25.5 Å². The lowest BCUT2D eigenvalue weighted by atomic mass is 10.1. The molecular formula is C15H18N2O2S. The number of hydrogen-bond donors (Lipinski definition) is 1. The van der Waals surface area contributed by atoms with Crippen molar-refractivity contribution >= 4 is 12.2 Å². The number of methoxy groups -OCH3 is 2. The molecule has 106 valence electrons. The summed E-state index contributed by atoms with van der Waals surface area (Å²) < 4.78 is 11.5. The fourth-order valence-electron chi connectivity index (χ4n) is 2.09. The van der Waals surface area contributed by atoms with Crippen molar-refractivity contribution < 1.29 is 9.47 Å². The summed E-state index contributed by atoms with van der Waals surface area (Å²) in [5, 5.41) is 0. The molecule has 20 heavy (non-hydrogen) atoms. The van der Waals surface area contributed by atoms with Crippen LogP contribution in [0.4, 0.5) is 0 Å². The van der Waals surface area contributed by atoms with E-state index in [1.807, 2.05) is 32.0 Å². The van der Waals surface area contributed by atoms with Crippen LogP contribution >= 0.6 is 12.2 Å². The SMILES string of the molecule is CCc1nc(=S)c(C)c(-c2c(OC)cccc2OC)[nH]1. The van der Waals surface area contributed by atoms with E-state index in [4.69, 9.17) is 21.7 Å². The number of aryl methyl sites for hydroxylation is 1. The van der Waals surface area contributed by atoms with Crippen molar-refractivity contribution in [2.75, 3.05) is 14.2 Å². The highest BCUT2D eigenvalue weighted by Crippen LogP contribution is 2.38. The maximum absolute atomic E-state index is 5.46. The number of aromatic nitrogens is 2. The molecule has 0 aliphatic heterocycles. The highest BCUT2D eigenvalue weighted by molar-refractivity contribution is 7.71. The molecule has 2 rings (SSSR count). The molecule has 0 unspecified atom stereocenters. The van der Waals surface area contributed by atoms with Crippen LogP contribution < -0.4 is 9.47 Å². The summed E-state index contributed by atoms with van der Waals surface area (Å²) in [4.78, 5) is 7.70. The van der Waals surface area contributed by atoms with Crippen LogP contribution in [-0.4, -0.2) is 24.2 Å². The molecule has 0 saturated heterocycles. The third-order valence-electron chi connectivity index (χ3n) is 3.21. The second-order valence-electron chi connectivity index (χ2n) is 4.38. The van der Waals surface area contributed by atoms with Gasteiger partial charge in [-0.1, -0.05) is 25.2 Å². The minimum atomic E-state index is 0.601. The molecule has 0 atom stereocenters. The van der Waals surface area contributed by atoms with Gasteiger partial charge in [-0.3, -0.25) is 0 Å². The maximum Gasteiger partial charge on any atom is 0.133 e. The van der Waals surface area contributed by atoms with E-state index < -0.39 is 0 Å². The van der Waals surface area contributed by atoms with Crippen molar-refractivity contribution in [3.63, 3.8) is 0 Å². The minimum absolute atomic E-state index is 0.601. The van der Waals surface area contributed by atoms with Gasteiger partial charge >= 0.3 is 0 Å². The molecule has 2 aromatic rings. The third-order valence-corrected chi connectivity index (χ3v) is 3.61. The molecule has 1 aromatic carbocycles. The van der Waals surface area contributed by atoms with E-state index in [1.165, 1.54) is 0 Å². The Morgan fingerprint density at radius 2 is 1.80 bits per heavy atom. The van der Waals surface area contributed by atoms with E-state index in [1.54, 1.807) is 14.2 Å². The van der Waals surface area contributed by atoms with Gasteiger partial charge in [-0.2, -0.15) is 0 Å². The number of nitrogens with zero attached hydrogens (tertiary/aromatic N) is 1. The molecule has 0 spiro atoms. The van der Waals surface area contributed by atoms with E-state index in [0.29, 0.717) is 4.64 Å². The van der Waals surface area contributed by atoms with Crippen LogP contribution in [0.15, 0.2) is 18.2 Å². The normalized spacial score (nSPS) is 10.4. The fourth-order valence-corrected chi connectivity index (χ4v) is 2.31. The maximum atomic E-state index is 5.46. The number of H-pyrrole nitrogens is 1. The van der Waals surface area contributed by atoms with Crippen LogP contribution in [0.3, 0.4) is 0 Å². The molecule has 5 heteroatoms. The number of hydrogen-bond acceptors (Lipinski definition) is 4. The summed E-state index contributed by atoms with van der Waals surface area (Å²) in [5.74, 6) is 2.33. The minimum Gasteiger partial charge on any atom is -0.496 e. The standard InChI is InChI=1S/C15H18N2O2S/c1-5-12-16-14(9(2)15(20)17-12)13-10(18-3)7-6-8-11(13)19-4/h6-8H,5H2,1-4H3,(H,16,17,20). The number of benzene rings is 1. The van der Waals surface area contributed by atoms with Crippen molar-refractivity contribution in [1.82, 2.24) is 9.97 Å². The predicted octanol–water partition coefficient (Wildman–Crippen LogP) is 3.69. The van der Waals surface area contributed by atoms with Gasteiger partial charge in [0.25, 0.3) is 0 Å². The summed E-state index contributed by atoms with van der Waals surface area (Å²) in [6, 6.07) is 5.70. The number of aromatic amines is 1. The first-order valence-electron chi connectivity index (χ1n) is 6.43. The fraction of sp³-hybridized carbons (Fsp3) is 0.333. The molecule has 1 aromatic heterocycles. The summed E-state index contributed by atoms with van der Waals surface area (Å²) in [7, 11) is 3.29. The van der Waals surface area contributed by atoms with Gasteiger partial charge in [0, 0.05) is 12.0 Å². The Morgan fingerprint density at radius 3 is 2.30 bits per heavy atom. The molecule has 0 saturated carbocycles. The van der Waals surface area contributed by atoms with Crippen LogP contribution in [0.2, 0.25) is 0 Å². The zero-order chi connectivity index (χ0) is 14.7. The van der Waals surface area contributed by atoms with E-state index >= 15 is 0 Å². The van der Waals surface area contributed by atoms with Gasteiger partial charge in [0.15, 0.2) is 0 Å². The smallest absolute Gasteiger partial charge is 0.133 e. The number of nitrogens with one attached hydrogen (secondary N) is 1. The lowest BCUT2D eigenvalue weighted by Gasteiger charge is -2.15. The van der Waals surface area contributed by atoms with E-state index in [0.717, 1.165) is 40.6 Å². The largest absolute Gasteiger partial charge is 0.496 e. The van der Waals surface area contributed by atoms with Crippen molar-refractivity contribution in [2.24, 2.45) is 0 Å². The first kappa shape index (κ1) is 14.5. The van der Waals surface area contributed by atoms with E-state index in [-0.39, 0.29) is 0 Å². The molecule has 0 radical (unpaired) electrons. The third kappa shape index (κ3) is 2.54. The van der Waals surface area contributed by atoms with Crippen molar-refractivity contribution in [1.29, 1.82) is 0 Å². The van der Waals surface area contributed by atoms with Crippen molar-refractivity contribution in [3.8, 4) is 22.8 Å². The molecule has 0 amide bonds. The second kappa shape index (κ2) is 6.05. The average molecular weight is 290 g/mol. The van der Waals surface area contributed by atoms with Crippen LogP contribution in [0.25, 0.3) is 11.3 Å². The number of ether oxygens (including phenoxy) is 2. The first-order chi connectivity index (χ1) is 9.62. The summed E-state index contributed by atoms with van der Waals surface area (Å²) in [5.41, 5.74) is 2.69. The Balaban J connectivity index is 2.80. The topological polar surface area (TPSA) is 47.1 Å². The monoisotopic (exact) mass is 290 g/mol. The highest BCUT2D eigenvalue weighted by atomic mass is 32.1. The van der Waals surface area contributed by atoms with Gasteiger partial charge in [-0.25, -0.2) is 4.98 Å². The molecule has 1 heterocycles. The van der Waals surface area contributed by atoms with Crippen LogP contribution in [0.5, 0.6) is 11.5 Å². The molecule has 0 aliphatic rings. The van der Waals surface area contributed by atoms with Crippen molar-refractivity contribution in [2.45, 2.75) is 20.3 Å². The Morgan fingerprint density at radius 1 is 1.20 bits per heavy atom. The Kier molecular flexibility index (Phi) is 4.39. The highest BCUT2D eigenvalue weighted by Gasteiger charge is 2.16.